The normalized spacial score (nSPS) is 12.9. The number of rotatable bonds is 6. The van der Waals surface area contributed by atoms with Crippen molar-refractivity contribution in [2.45, 2.75) is 19.3 Å². The number of anilines is 3. The van der Waals surface area contributed by atoms with Crippen LogP contribution < -0.4 is 4.90 Å². The van der Waals surface area contributed by atoms with Gasteiger partial charge in [0.25, 0.3) is 0 Å². The van der Waals surface area contributed by atoms with E-state index in [-0.39, 0.29) is 5.41 Å². The average molecular weight is 729 g/mol. The molecular formula is C55H40N2. The first-order chi connectivity index (χ1) is 28.0. The summed E-state index contributed by atoms with van der Waals surface area (Å²) in [6, 6.07) is 75.5. The molecule has 9 aromatic carbocycles. The molecule has 2 nitrogen and oxygen atoms in total. The van der Waals surface area contributed by atoms with Crippen molar-refractivity contribution in [1.82, 2.24) is 4.57 Å². The van der Waals surface area contributed by atoms with E-state index in [9.17, 15) is 0 Å². The number of hydrogen-bond donors (Lipinski definition) is 0. The van der Waals surface area contributed by atoms with Gasteiger partial charge in [0.15, 0.2) is 0 Å². The van der Waals surface area contributed by atoms with Crippen molar-refractivity contribution in [2.24, 2.45) is 0 Å². The Hall–Kier alpha value is -7.16. The van der Waals surface area contributed by atoms with E-state index < -0.39 is 0 Å². The zero-order valence-electron chi connectivity index (χ0n) is 32.0. The van der Waals surface area contributed by atoms with Crippen LogP contribution in [0.25, 0.3) is 71.6 Å². The highest BCUT2D eigenvalue weighted by atomic mass is 15.1. The van der Waals surface area contributed by atoms with Crippen LogP contribution in [0.1, 0.15) is 25.0 Å². The van der Waals surface area contributed by atoms with Crippen molar-refractivity contribution in [1.29, 1.82) is 0 Å². The molecule has 0 bridgehead atoms. The van der Waals surface area contributed by atoms with Crippen molar-refractivity contribution in [3.8, 4) is 39.1 Å². The van der Waals surface area contributed by atoms with Crippen molar-refractivity contribution < 1.29 is 0 Å². The van der Waals surface area contributed by atoms with E-state index in [1.165, 1.54) is 77.1 Å². The van der Waals surface area contributed by atoms with Gasteiger partial charge in [-0.25, -0.2) is 0 Å². The van der Waals surface area contributed by atoms with Gasteiger partial charge in [0.2, 0.25) is 0 Å². The van der Waals surface area contributed by atoms with E-state index in [0.29, 0.717) is 0 Å². The van der Waals surface area contributed by atoms with E-state index in [1.54, 1.807) is 0 Å². The monoisotopic (exact) mass is 728 g/mol. The summed E-state index contributed by atoms with van der Waals surface area (Å²) in [4.78, 5) is 2.36. The third-order valence-corrected chi connectivity index (χ3v) is 12.2. The summed E-state index contributed by atoms with van der Waals surface area (Å²) in [6.45, 7) is 4.71. The molecule has 0 radical (unpaired) electrons. The highest BCUT2D eigenvalue weighted by molar-refractivity contribution is 6.12. The van der Waals surface area contributed by atoms with Gasteiger partial charge in [-0.15, -0.1) is 0 Å². The number of aromatic nitrogens is 1. The third kappa shape index (κ3) is 5.33. The highest BCUT2D eigenvalue weighted by Gasteiger charge is 2.35. The largest absolute Gasteiger partial charge is 0.310 e. The summed E-state index contributed by atoms with van der Waals surface area (Å²) < 4.78 is 2.41. The number of nitrogens with zero attached hydrogens (tertiary/aromatic N) is 2. The molecule has 1 heterocycles. The van der Waals surface area contributed by atoms with E-state index >= 15 is 0 Å². The molecule has 1 aliphatic rings. The van der Waals surface area contributed by atoms with Crippen molar-refractivity contribution in [3.63, 3.8) is 0 Å². The van der Waals surface area contributed by atoms with Crippen molar-refractivity contribution in [3.05, 3.63) is 217 Å². The fraction of sp³-hybridized carbons (Fsp3) is 0.0545. The molecule has 1 aliphatic carbocycles. The van der Waals surface area contributed by atoms with Gasteiger partial charge in [0.1, 0.15) is 0 Å². The summed E-state index contributed by atoms with van der Waals surface area (Å²) >= 11 is 0. The van der Waals surface area contributed by atoms with Crippen molar-refractivity contribution >= 4 is 49.6 Å². The zero-order valence-corrected chi connectivity index (χ0v) is 32.0. The summed E-state index contributed by atoms with van der Waals surface area (Å²) in [6.07, 6.45) is 0. The van der Waals surface area contributed by atoms with Crippen LogP contribution in [0.3, 0.4) is 0 Å². The fourth-order valence-electron chi connectivity index (χ4n) is 9.33. The highest BCUT2D eigenvalue weighted by Crippen LogP contribution is 2.50. The van der Waals surface area contributed by atoms with Crippen LogP contribution in [0.15, 0.2) is 206 Å². The van der Waals surface area contributed by atoms with Gasteiger partial charge in [-0.2, -0.15) is 0 Å². The van der Waals surface area contributed by atoms with E-state index in [1.807, 2.05) is 0 Å². The van der Waals surface area contributed by atoms with E-state index in [0.717, 1.165) is 22.7 Å². The minimum absolute atomic E-state index is 0.0488. The second-order valence-electron chi connectivity index (χ2n) is 15.8. The molecule has 0 spiro atoms. The van der Waals surface area contributed by atoms with Gasteiger partial charge in [-0.05, 0) is 123 Å². The molecule has 1 aromatic heterocycles. The molecule has 0 saturated carbocycles. The van der Waals surface area contributed by atoms with E-state index in [4.69, 9.17) is 0 Å². The van der Waals surface area contributed by atoms with Crippen LogP contribution >= 0.6 is 0 Å². The van der Waals surface area contributed by atoms with Gasteiger partial charge < -0.3 is 9.47 Å². The molecule has 57 heavy (non-hydrogen) atoms. The molecule has 0 N–H and O–H groups in total. The topological polar surface area (TPSA) is 8.17 Å². The quantitative estimate of drug-likeness (QED) is 0.165. The van der Waals surface area contributed by atoms with Crippen LogP contribution in [-0.4, -0.2) is 4.57 Å². The Morgan fingerprint density at radius 2 is 0.930 bits per heavy atom. The van der Waals surface area contributed by atoms with Gasteiger partial charge >= 0.3 is 0 Å². The number of hydrogen-bond acceptors (Lipinski definition) is 1. The maximum Gasteiger partial charge on any atom is 0.0541 e. The third-order valence-electron chi connectivity index (χ3n) is 12.2. The Kier molecular flexibility index (Phi) is 7.55. The molecule has 270 valence electrons. The molecule has 0 unspecified atom stereocenters. The Balaban J connectivity index is 1.03. The lowest BCUT2D eigenvalue weighted by Gasteiger charge is -2.27. The Morgan fingerprint density at radius 3 is 1.68 bits per heavy atom. The summed E-state index contributed by atoms with van der Waals surface area (Å²) in [5.74, 6) is 0. The average Bonchev–Trinajstić information content (AvgIpc) is 3.72. The Bertz CT molecular complexity index is 3130. The molecule has 0 aliphatic heterocycles. The van der Waals surface area contributed by atoms with Crippen LogP contribution in [0.5, 0.6) is 0 Å². The minimum atomic E-state index is -0.0488. The molecule has 0 atom stereocenters. The molecule has 0 amide bonds. The van der Waals surface area contributed by atoms with Gasteiger partial charge in [0.05, 0.1) is 16.7 Å². The lowest BCUT2D eigenvalue weighted by Crippen LogP contribution is -2.14. The van der Waals surface area contributed by atoms with Crippen molar-refractivity contribution in [2.75, 3.05) is 4.90 Å². The number of para-hydroxylation sites is 2. The lowest BCUT2D eigenvalue weighted by molar-refractivity contribution is 0.660. The van der Waals surface area contributed by atoms with Gasteiger partial charge in [-0.3, -0.25) is 0 Å². The maximum absolute atomic E-state index is 2.43. The SMILES string of the molecule is CC1(C)c2ccccc2-c2ccc(-c3ccc4c(c3)c3cc(-c5ccc(N(c6ccccc6)c6cccc7ccccc67)cc5)ccc3n4-c3ccccc3)cc21. The molecular weight excluding hydrogens is 689 g/mol. The number of benzene rings is 9. The maximum atomic E-state index is 2.43. The summed E-state index contributed by atoms with van der Waals surface area (Å²) in [5.41, 5.74) is 17.3. The molecule has 0 fully saturated rings. The van der Waals surface area contributed by atoms with Crippen LogP contribution in [-0.2, 0) is 5.41 Å². The predicted molar refractivity (Wildman–Crippen MR) is 241 cm³/mol. The Morgan fingerprint density at radius 1 is 0.386 bits per heavy atom. The molecule has 10 aromatic rings. The first-order valence-electron chi connectivity index (χ1n) is 19.8. The predicted octanol–water partition coefficient (Wildman–Crippen LogP) is 15.0. The second kappa shape index (κ2) is 13.0. The summed E-state index contributed by atoms with van der Waals surface area (Å²) in [5, 5.41) is 4.94. The van der Waals surface area contributed by atoms with E-state index in [2.05, 4.69) is 230 Å². The van der Waals surface area contributed by atoms with Gasteiger partial charge in [-0.1, -0.05) is 147 Å². The molecule has 0 saturated heterocycles. The van der Waals surface area contributed by atoms with Crippen LogP contribution in [0.4, 0.5) is 17.1 Å². The lowest BCUT2D eigenvalue weighted by atomic mass is 9.81. The minimum Gasteiger partial charge on any atom is -0.310 e. The molecule has 11 rings (SSSR count). The zero-order chi connectivity index (χ0) is 38.1. The second-order valence-corrected chi connectivity index (χ2v) is 15.8. The standard InChI is InChI=1S/C55H40N2/c1-55(2)50-22-12-11-21-46(50)47-31-26-41(36-51(47)55)40-28-33-54-49(35-40)48-34-39(27-32-53(48)57(54)43-18-7-4-8-19-43)37-24-29-44(30-25-37)56(42-16-5-3-6-17-42)52-23-13-15-38-14-9-10-20-45(38)52/h3-36H,1-2H3. The van der Waals surface area contributed by atoms with Crippen LogP contribution in [0, 0.1) is 0 Å². The van der Waals surface area contributed by atoms with Crippen LogP contribution in [0.2, 0.25) is 0 Å². The number of fused-ring (bicyclic) bond motifs is 7. The smallest absolute Gasteiger partial charge is 0.0541 e. The fourth-order valence-corrected chi connectivity index (χ4v) is 9.33. The first kappa shape index (κ1) is 33.2. The summed E-state index contributed by atoms with van der Waals surface area (Å²) in [7, 11) is 0. The van der Waals surface area contributed by atoms with Gasteiger partial charge in [0, 0.05) is 38.6 Å². The first-order valence-corrected chi connectivity index (χ1v) is 19.8. The Labute approximate surface area is 333 Å². The molecule has 2 heteroatoms.